The van der Waals surface area contributed by atoms with Crippen molar-refractivity contribution in [2.24, 2.45) is 11.1 Å². The summed E-state index contributed by atoms with van der Waals surface area (Å²) in [6.45, 7) is 8.70. The molecule has 0 unspecified atom stereocenters. The van der Waals surface area contributed by atoms with E-state index in [0.717, 1.165) is 37.0 Å². The molecule has 0 saturated heterocycles. The van der Waals surface area contributed by atoms with Gasteiger partial charge in [-0.2, -0.15) is 0 Å². The summed E-state index contributed by atoms with van der Waals surface area (Å²) in [5.74, 6) is -0.391. The SMILES string of the molecule is CC(C)(C)CCNCc1ccc2[nH]cc(Cc3ccc(C(N)=O)cc3)c2c1. The van der Waals surface area contributed by atoms with Crippen LogP contribution in [0.4, 0.5) is 0 Å². The molecular formula is C23H29N3O. The van der Waals surface area contributed by atoms with Crippen LogP contribution in [0, 0.1) is 5.41 Å². The smallest absolute Gasteiger partial charge is 0.248 e. The van der Waals surface area contributed by atoms with Crippen molar-refractivity contribution in [3.63, 3.8) is 0 Å². The molecule has 0 bridgehead atoms. The molecule has 142 valence electrons. The summed E-state index contributed by atoms with van der Waals surface area (Å²) in [5.41, 5.74) is 11.1. The summed E-state index contributed by atoms with van der Waals surface area (Å²) in [7, 11) is 0. The molecule has 1 amide bonds. The van der Waals surface area contributed by atoms with E-state index >= 15 is 0 Å². The summed E-state index contributed by atoms with van der Waals surface area (Å²) in [6, 6.07) is 14.1. The zero-order valence-corrected chi connectivity index (χ0v) is 16.4. The highest BCUT2D eigenvalue weighted by Gasteiger charge is 2.10. The molecule has 4 heteroatoms. The normalized spacial score (nSPS) is 11.8. The summed E-state index contributed by atoms with van der Waals surface area (Å²) < 4.78 is 0. The first-order chi connectivity index (χ1) is 12.8. The Hall–Kier alpha value is -2.59. The summed E-state index contributed by atoms with van der Waals surface area (Å²) >= 11 is 0. The van der Waals surface area contributed by atoms with E-state index in [4.69, 9.17) is 5.73 Å². The lowest BCUT2D eigenvalue weighted by molar-refractivity contribution is 0.100. The van der Waals surface area contributed by atoms with E-state index in [1.165, 1.54) is 16.5 Å². The number of benzene rings is 2. The summed E-state index contributed by atoms with van der Waals surface area (Å²) in [4.78, 5) is 14.6. The van der Waals surface area contributed by atoms with Gasteiger partial charge in [0, 0.05) is 29.2 Å². The Labute approximate surface area is 161 Å². The molecule has 0 fully saturated rings. The number of hydrogen-bond donors (Lipinski definition) is 3. The van der Waals surface area contributed by atoms with Crippen LogP contribution in [0.2, 0.25) is 0 Å². The van der Waals surface area contributed by atoms with Gasteiger partial charge in [-0.3, -0.25) is 4.79 Å². The molecule has 2 aromatic carbocycles. The van der Waals surface area contributed by atoms with Crippen molar-refractivity contribution in [1.82, 2.24) is 10.3 Å². The predicted octanol–water partition coefficient (Wildman–Crippen LogP) is 4.38. The van der Waals surface area contributed by atoms with Gasteiger partial charge in [0.15, 0.2) is 0 Å². The Bertz CT molecular complexity index is 917. The first-order valence-corrected chi connectivity index (χ1v) is 9.50. The van der Waals surface area contributed by atoms with Crippen molar-refractivity contribution < 1.29 is 4.79 Å². The van der Waals surface area contributed by atoms with Crippen LogP contribution in [-0.2, 0) is 13.0 Å². The molecule has 0 aliphatic rings. The topological polar surface area (TPSA) is 70.9 Å². The number of carbonyl (C=O) groups excluding carboxylic acids is 1. The highest BCUT2D eigenvalue weighted by molar-refractivity contribution is 5.92. The molecule has 0 spiro atoms. The molecule has 0 aliphatic carbocycles. The van der Waals surface area contributed by atoms with Gasteiger partial charge in [-0.05, 0) is 65.8 Å². The largest absolute Gasteiger partial charge is 0.366 e. The number of H-pyrrole nitrogens is 1. The first-order valence-electron chi connectivity index (χ1n) is 9.50. The molecule has 0 radical (unpaired) electrons. The van der Waals surface area contributed by atoms with Crippen molar-refractivity contribution in [2.45, 2.75) is 40.2 Å². The molecule has 1 heterocycles. The molecule has 4 nitrogen and oxygen atoms in total. The van der Waals surface area contributed by atoms with Gasteiger partial charge in [0.05, 0.1) is 0 Å². The van der Waals surface area contributed by atoms with Gasteiger partial charge in [0.25, 0.3) is 0 Å². The average molecular weight is 364 g/mol. The monoisotopic (exact) mass is 363 g/mol. The van der Waals surface area contributed by atoms with Gasteiger partial charge in [-0.15, -0.1) is 0 Å². The fourth-order valence-corrected chi connectivity index (χ4v) is 3.18. The molecule has 3 rings (SSSR count). The van der Waals surface area contributed by atoms with E-state index in [9.17, 15) is 4.79 Å². The van der Waals surface area contributed by atoms with Crippen LogP contribution in [0.25, 0.3) is 10.9 Å². The minimum absolute atomic E-state index is 0.356. The fraction of sp³-hybridized carbons (Fsp3) is 0.348. The van der Waals surface area contributed by atoms with Crippen LogP contribution in [0.3, 0.4) is 0 Å². The second-order valence-electron chi connectivity index (χ2n) is 8.42. The van der Waals surface area contributed by atoms with E-state index < -0.39 is 5.91 Å². The third-order valence-electron chi connectivity index (χ3n) is 4.85. The third kappa shape index (κ3) is 5.20. The number of carbonyl (C=O) groups is 1. The molecular weight excluding hydrogens is 334 g/mol. The zero-order chi connectivity index (χ0) is 19.4. The molecule has 3 aromatic rings. The quantitative estimate of drug-likeness (QED) is 0.545. The Balaban J connectivity index is 1.70. The number of nitrogens with two attached hydrogens (primary N) is 1. The number of aromatic amines is 1. The maximum Gasteiger partial charge on any atom is 0.248 e. The van der Waals surface area contributed by atoms with Gasteiger partial charge >= 0.3 is 0 Å². The van der Waals surface area contributed by atoms with E-state index in [0.29, 0.717) is 11.0 Å². The molecule has 0 saturated carbocycles. The lowest BCUT2D eigenvalue weighted by Gasteiger charge is -2.18. The molecule has 1 aromatic heterocycles. The van der Waals surface area contributed by atoms with Crippen LogP contribution < -0.4 is 11.1 Å². The Kier molecular flexibility index (Phi) is 5.66. The van der Waals surface area contributed by atoms with Crippen molar-refractivity contribution in [3.05, 3.63) is 70.9 Å². The van der Waals surface area contributed by atoms with E-state index in [1.54, 1.807) is 12.1 Å². The number of primary amides is 1. The van der Waals surface area contributed by atoms with E-state index in [-0.39, 0.29) is 0 Å². The summed E-state index contributed by atoms with van der Waals surface area (Å²) in [6.07, 6.45) is 4.05. The number of rotatable bonds is 7. The average Bonchev–Trinajstić information content (AvgIpc) is 3.01. The fourth-order valence-electron chi connectivity index (χ4n) is 3.18. The molecule has 0 aliphatic heterocycles. The number of fused-ring (bicyclic) bond motifs is 1. The Morgan fingerprint density at radius 2 is 1.78 bits per heavy atom. The lowest BCUT2D eigenvalue weighted by atomic mass is 9.92. The Morgan fingerprint density at radius 1 is 1.07 bits per heavy atom. The van der Waals surface area contributed by atoms with Gasteiger partial charge in [0.1, 0.15) is 0 Å². The second-order valence-corrected chi connectivity index (χ2v) is 8.42. The maximum absolute atomic E-state index is 11.2. The molecule has 27 heavy (non-hydrogen) atoms. The molecule has 0 atom stereocenters. The highest BCUT2D eigenvalue weighted by atomic mass is 16.1. The van der Waals surface area contributed by atoms with Crippen molar-refractivity contribution in [2.75, 3.05) is 6.54 Å². The van der Waals surface area contributed by atoms with Gasteiger partial charge in [0.2, 0.25) is 5.91 Å². The van der Waals surface area contributed by atoms with Crippen LogP contribution in [0.15, 0.2) is 48.7 Å². The van der Waals surface area contributed by atoms with Crippen molar-refractivity contribution >= 4 is 16.8 Å². The van der Waals surface area contributed by atoms with E-state index in [2.05, 4.69) is 55.5 Å². The van der Waals surface area contributed by atoms with Crippen LogP contribution in [-0.4, -0.2) is 17.4 Å². The first kappa shape index (κ1) is 19.2. The van der Waals surface area contributed by atoms with E-state index in [1.807, 2.05) is 12.1 Å². The van der Waals surface area contributed by atoms with Gasteiger partial charge < -0.3 is 16.0 Å². The van der Waals surface area contributed by atoms with Crippen molar-refractivity contribution in [3.8, 4) is 0 Å². The number of amides is 1. The summed E-state index contributed by atoms with van der Waals surface area (Å²) in [5, 5.41) is 4.80. The lowest BCUT2D eigenvalue weighted by Crippen LogP contribution is -2.20. The minimum Gasteiger partial charge on any atom is -0.366 e. The van der Waals surface area contributed by atoms with Crippen LogP contribution in [0.5, 0.6) is 0 Å². The number of hydrogen-bond acceptors (Lipinski definition) is 2. The third-order valence-corrected chi connectivity index (χ3v) is 4.85. The van der Waals surface area contributed by atoms with Gasteiger partial charge in [-0.25, -0.2) is 0 Å². The maximum atomic E-state index is 11.2. The predicted molar refractivity (Wildman–Crippen MR) is 112 cm³/mol. The van der Waals surface area contributed by atoms with Crippen LogP contribution >= 0.6 is 0 Å². The van der Waals surface area contributed by atoms with Crippen LogP contribution in [0.1, 0.15) is 54.2 Å². The number of aromatic nitrogens is 1. The highest BCUT2D eigenvalue weighted by Crippen LogP contribution is 2.23. The molecule has 4 N–H and O–H groups in total. The van der Waals surface area contributed by atoms with Gasteiger partial charge in [-0.1, -0.05) is 39.0 Å². The van der Waals surface area contributed by atoms with Crippen molar-refractivity contribution in [1.29, 1.82) is 0 Å². The second kappa shape index (κ2) is 7.97. The minimum atomic E-state index is -0.391. The standard InChI is InChI=1S/C23H29N3O/c1-23(2,3)10-11-25-14-17-6-9-21-20(13-17)19(15-26-21)12-16-4-7-18(8-5-16)22(24)27/h4-9,13,15,25-26H,10-12,14H2,1-3H3,(H2,24,27). The Morgan fingerprint density at radius 3 is 2.44 bits per heavy atom. The number of nitrogens with one attached hydrogen (secondary N) is 2. The zero-order valence-electron chi connectivity index (χ0n) is 16.4.